The van der Waals surface area contributed by atoms with E-state index in [0.717, 1.165) is 81.6 Å². The molecule has 6 aliphatic rings. The molecule has 19 heteroatoms. The summed E-state index contributed by atoms with van der Waals surface area (Å²) < 4.78 is 39.1. The van der Waals surface area contributed by atoms with Crippen LogP contribution in [0.2, 0.25) is 0 Å². The summed E-state index contributed by atoms with van der Waals surface area (Å²) >= 11 is 0. The van der Waals surface area contributed by atoms with E-state index in [1.807, 2.05) is 50.4 Å². The lowest BCUT2D eigenvalue weighted by Crippen LogP contribution is -2.54. The first-order valence-electron chi connectivity index (χ1n) is 26.4. The Balaban J connectivity index is 0.597. The fourth-order valence-corrected chi connectivity index (χ4v) is 11.7. The Morgan fingerprint density at radius 2 is 1.66 bits per heavy atom. The number of phenolic OH excluding ortho intramolecular Hbond substituents is 1. The molecule has 5 aromatic rings. The van der Waals surface area contributed by atoms with Gasteiger partial charge >= 0.3 is 0 Å². The number of aliphatic hydroxyl groups is 1. The lowest BCUT2D eigenvalue weighted by Gasteiger charge is -2.43. The van der Waals surface area contributed by atoms with Crippen molar-refractivity contribution in [3.05, 3.63) is 95.9 Å². The number of phenols is 1. The van der Waals surface area contributed by atoms with E-state index in [9.17, 15) is 24.2 Å². The van der Waals surface area contributed by atoms with Crippen LogP contribution in [-0.4, -0.2) is 141 Å². The maximum absolute atomic E-state index is 14.4. The van der Waals surface area contributed by atoms with E-state index in [1.165, 1.54) is 4.90 Å². The summed E-state index contributed by atoms with van der Waals surface area (Å²) in [4.78, 5) is 40.7. The zero-order valence-electron chi connectivity index (χ0n) is 42.1. The van der Waals surface area contributed by atoms with Gasteiger partial charge in [0.05, 0.1) is 29.7 Å². The molecule has 2 bridgehead atoms. The number of aromatic nitrogens is 4. The third kappa shape index (κ3) is 10.7. The van der Waals surface area contributed by atoms with E-state index >= 15 is 0 Å². The van der Waals surface area contributed by atoms with Crippen LogP contribution in [0.4, 0.5) is 21.6 Å². The fourth-order valence-electron chi connectivity index (χ4n) is 11.7. The number of β-amino-alcohol motifs (C(OH)–C–C–N with tert-alkyl or cyclic N) is 1. The number of carbonyl (C=O) groups is 2. The number of hydrogen-bond acceptors (Lipinski definition) is 16. The number of anilines is 3. The Hall–Kier alpha value is -6.57. The number of nitrogens with one attached hydrogen (secondary N) is 1. The zero-order chi connectivity index (χ0) is 51.1. The van der Waals surface area contributed by atoms with Crippen molar-refractivity contribution < 1.29 is 42.9 Å². The van der Waals surface area contributed by atoms with Crippen molar-refractivity contribution in [3.63, 3.8) is 0 Å². The second kappa shape index (κ2) is 21.0. The highest BCUT2D eigenvalue weighted by molar-refractivity contribution is 5.91. The smallest absolute Gasteiger partial charge is 0.254 e. The summed E-state index contributed by atoms with van der Waals surface area (Å²) in [5.74, 6) is 0.213. The number of benzene rings is 2. The van der Waals surface area contributed by atoms with Crippen LogP contribution in [0.25, 0.3) is 11.3 Å². The van der Waals surface area contributed by atoms with E-state index in [-0.39, 0.29) is 73.4 Å². The summed E-state index contributed by atoms with van der Waals surface area (Å²) in [7, 11) is 0. The average Bonchev–Trinajstić information content (AvgIpc) is 3.63. The van der Waals surface area contributed by atoms with E-state index < -0.39 is 23.7 Å². The highest BCUT2D eigenvalue weighted by Crippen LogP contribution is 2.49. The molecule has 5 atom stereocenters. The van der Waals surface area contributed by atoms with E-state index in [0.29, 0.717) is 66.2 Å². The number of carbonyl (C=O) groups excluding carboxylic acids is 2. The van der Waals surface area contributed by atoms with Gasteiger partial charge in [0.15, 0.2) is 11.6 Å². The lowest BCUT2D eigenvalue weighted by molar-refractivity contribution is -0.141. The Bertz CT molecular complexity index is 2770. The minimum absolute atomic E-state index is 0.0350. The Morgan fingerprint density at radius 1 is 0.905 bits per heavy atom. The number of alkyl halides is 1. The molecule has 11 rings (SSSR count). The Morgan fingerprint density at radius 3 is 2.39 bits per heavy atom. The number of piperidine rings is 1. The fraction of sp³-hybridized carbons (Fsp3) is 0.527. The molecule has 2 saturated carbocycles. The number of piperazine rings is 1. The van der Waals surface area contributed by atoms with Gasteiger partial charge in [-0.2, -0.15) is 0 Å². The number of aliphatic hydroxyl groups excluding tert-OH is 1. The minimum atomic E-state index is -1.22. The van der Waals surface area contributed by atoms with Gasteiger partial charge in [0.2, 0.25) is 17.7 Å². The number of fused-ring (bicyclic) bond motifs is 2. The summed E-state index contributed by atoms with van der Waals surface area (Å²) in [5.41, 5.74) is 9.80. The van der Waals surface area contributed by atoms with E-state index in [2.05, 4.69) is 52.5 Å². The topological polar surface area (TPSA) is 218 Å². The lowest BCUT2D eigenvalue weighted by atomic mass is 9.91. The maximum atomic E-state index is 14.4. The van der Waals surface area contributed by atoms with Gasteiger partial charge in [-0.1, -0.05) is 50.2 Å². The predicted molar refractivity (Wildman–Crippen MR) is 273 cm³/mol. The second-order valence-corrected chi connectivity index (χ2v) is 21.5. The molecule has 392 valence electrons. The van der Waals surface area contributed by atoms with Crippen LogP contribution < -0.4 is 30.3 Å². The first kappa shape index (κ1) is 49.6. The molecule has 2 aliphatic carbocycles. The van der Waals surface area contributed by atoms with Crippen molar-refractivity contribution in [2.45, 2.75) is 132 Å². The van der Waals surface area contributed by atoms with Crippen molar-refractivity contribution >= 4 is 29.0 Å². The molecule has 1 unspecified atom stereocenters. The van der Waals surface area contributed by atoms with Crippen LogP contribution in [0.15, 0.2) is 83.5 Å². The van der Waals surface area contributed by atoms with Gasteiger partial charge in [-0.05, 0) is 85.0 Å². The van der Waals surface area contributed by atoms with Crippen molar-refractivity contribution in [1.29, 1.82) is 0 Å². The molecule has 0 radical (unpaired) electrons. The SMILES string of the molecule is CC(C)[C@@H](C(=O)N1C[C@H](O)C[C@H]1C(=O)NCc1ccc(C2(F)CC2)cc1)c1cc(OCCN2CCC(OC3CC(Oc4cc(N5C6CC[C@@H]5CN(c5cc(-c7ccccc7O)nnc5N)C6)ccn4)C3)CC2)no1. The molecule has 4 aliphatic heterocycles. The summed E-state index contributed by atoms with van der Waals surface area (Å²) in [5, 5.41) is 36.6. The number of likely N-dealkylation sites (tertiary alicyclic amines) is 2. The molecule has 4 saturated heterocycles. The van der Waals surface area contributed by atoms with Crippen molar-refractivity contribution in [1.82, 2.24) is 35.5 Å². The average molecular weight is 1020 g/mol. The number of hydrogen-bond donors (Lipinski definition) is 4. The summed E-state index contributed by atoms with van der Waals surface area (Å²) in [6, 6.07) is 21.7. The highest BCUT2D eigenvalue weighted by Gasteiger charge is 2.46. The Labute approximate surface area is 430 Å². The van der Waals surface area contributed by atoms with Crippen molar-refractivity contribution in [2.75, 3.05) is 61.4 Å². The van der Waals surface area contributed by atoms with Gasteiger partial charge in [0.25, 0.3) is 5.88 Å². The summed E-state index contributed by atoms with van der Waals surface area (Å²) in [6.07, 6.45) is 8.22. The minimum Gasteiger partial charge on any atom is -0.507 e. The van der Waals surface area contributed by atoms with Crippen LogP contribution in [0.3, 0.4) is 0 Å². The molecular weight excluding hydrogens is 948 g/mol. The first-order valence-corrected chi connectivity index (χ1v) is 26.4. The quantitative estimate of drug-likeness (QED) is 0.0778. The second-order valence-electron chi connectivity index (χ2n) is 21.5. The van der Waals surface area contributed by atoms with Gasteiger partial charge in [-0.25, -0.2) is 9.37 Å². The van der Waals surface area contributed by atoms with Crippen LogP contribution in [-0.2, 0) is 26.5 Å². The number of halogens is 1. The molecule has 2 aromatic carbocycles. The van der Waals surface area contributed by atoms with Crippen LogP contribution in [0, 0.1) is 5.92 Å². The highest BCUT2D eigenvalue weighted by atomic mass is 19.1. The molecule has 2 amide bonds. The predicted octanol–water partition coefficient (Wildman–Crippen LogP) is 6.12. The maximum Gasteiger partial charge on any atom is 0.254 e. The van der Waals surface area contributed by atoms with Crippen molar-refractivity contribution in [3.8, 4) is 28.8 Å². The molecule has 6 fully saturated rings. The normalized spacial score (nSPS) is 25.0. The van der Waals surface area contributed by atoms with Crippen LogP contribution in [0.5, 0.6) is 17.5 Å². The van der Waals surface area contributed by atoms with Gasteiger partial charge in [-0.15, -0.1) is 10.2 Å². The third-order valence-electron chi connectivity index (χ3n) is 16.0. The number of nitrogen functional groups attached to an aromatic ring is 1. The standard InChI is InChI=1S/C55H67FN10O8/c1-33(2)51(54(70)65-32-39(67)24-46(65)53(69)59-29-34-7-9-35(10-8-34)55(56)16-17-55)48-28-50(62-74-48)71-22-21-63-19-14-40(15-20-63)72-41-25-42(26-41)73-49-23-36(13-18-58-49)66-37-11-12-38(66)31-64(30-37)45-27-44(60-61-52(45)57)43-5-3-4-6-47(43)68/h3-10,13,18,23,27-28,33,37-42,46,51,67-68H,11-12,14-17,19-22,24-26,29-32H2,1-2H3,(H2,57,61)(H,59,69)/t37-,38?,39-,41?,42?,46+,51-/m1/s1. The number of nitrogens with zero attached hydrogens (tertiary/aromatic N) is 8. The van der Waals surface area contributed by atoms with E-state index in [1.54, 1.807) is 30.3 Å². The van der Waals surface area contributed by atoms with Crippen LogP contribution >= 0.6 is 0 Å². The molecule has 0 spiro atoms. The Kier molecular flexibility index (Phi) is 14.1. The number of ether oxygens (including phenoxy) is 3. The zero-order valence-corrected chi connectivity index (χ0v) is 42.1. The number of nitrogens with two attached hydrogens (primary N) is 1. The molecule has 7 heterocycles. The number of rotatable bonds is 18. The van der Waals surface area contributed by atoms with Crippen LogP contribution in [0.1, 0.15) is 94.4 Å². The monoisotopic (exact) mass is 1010 g/mol. The van der Waals surface area contributed by atoms with Crippen molar-refractivity contribution in [2.24, 2.45) is 5.92 Å². The number of pyridine rings is 1. The molecular formula is C55H67FN10O8. The molecule has 74 heavy (non-hydrogen) atoms. The molecule has 3 aromatic heterocycles. The van der Waals surface area contributed by atoms with E-state index in [4.69, 9.17) is 24.5 Å². The van der Waals surface area contributed by atoms with Gasteiger partial charge in [-0.3, -0.25) is 14.5 Å². The third-order valence-corrected chi connectivity index (χ3v) is 16.0. The largest absolute Gasteiger partial charge is 0.507 e. The first-order chi connectivity index (χ1) is 35.8. The van der Waals surface area contributed by atoms with Gasteiger partial charge in [0, 0.05) is 107 Å². The molecule has 18 nitrogen and oxygen atoms in total. The van der Waals surface area contributed by atoms with Gasteiger partial charge in [0.1, 0.15) is 36.1 Å². The molecule has 5 N–H and O–H groups in total. The summed E-state index contributed by atoms with van der Waals surface area (Å²) in [6.45, 7) is 8.52. The number of amides is 2. The number of para-hydroxylation sites is 1. The van der Waals surface area contributed by atoms with Gasteiger partial charge < -0.3 is 54.7 Å². The number of aromatic hydroxyl groups is 1.